The van der Waals surface area contributed by atoms with E-state index in [2.05, 4.69) is 19.2 Å². The molecule has 1 N–H and O–H groups in total. The molecule has 0 aromatic heterocycles. The van der Waals surface area contributed by atoms with Crippen LogP contribution in [0.5, 0.6) is 0 Å². The first-order valence-corrected chi connectivity index (χ1v) is 10.4. The molecule has 146 valence electrons. The molecular formula is C20H25FN2O3S. The van der Waals surface area contributed by atoms with Gasteiger partial charge in [0.05, 0.1) is 0 Å². The first-order chi connectivity index (χ1) is 12.7. The van der Waals surface area contributed by atoms with Crippen molar-refractivity contribution in [1.82, 2.24) is 4.31 Å². The highest BCUT2D eigenvalue weighted by Crippen LogP contribution is 2.22. The predicted octanol–water partition coefficient (Wildman–Crippen LogP) is 4.23. The van der Waals surface area contributed by atoms with Crippen molar-refractivity contribution in [3.63, 3.8) is 0 Å². The fourth-order valence-corrected chi connectivity index (χ4v) is 4.25. The molecule has 0 unspecified atom stereocenters. The lowest BCUT2D eigenvalue weighted by atomic mass is 10.0. The van der Waals surface area contributed by atoms with E-state index in [4.69, 9.17) is 0 Å². The van der Waals surface area contributed by atoms with Gasteiger partial charge in [0, 0.05) is 24.3 Å². The first-order valence-electron chi connectivity index (χ1n) is 8.91. The van der Waals surface area contributed by atoms with E-state index in [0.29, 0.717) is 11.6 Å². The van der Waals surface area contributed by atoms with Crippen LogP contribution in [0.25, 0.3) is 0 Å². The van der Waals surface area contributed by atoms with Gasteiger partial charge < -0.3 is 5.32 Å². The standard InChI is InChI=1S/C20H25FN2O3S/c1-5-23(6-2)27(25,26)19-13-16(9-12-18(19)21)20(24)22-17-10-7-15(8-11-17)14(3)4/h7-14H,5-6H2,1-4H3,(H,22,24). The van der Waals surface area contributed by atoms with Gasteiger partial charge in [0.15, 0.2) is 0 Å². The van der Waals surface area contributed by atoms with Crippen molar-refractivity contribution >= 4 is 21.6 Å². The Morgan fingerprint density at radius 3 is 2.19 bits per heavy atom. The van der Waals surface area contributed by atoms with Gasteiger partial charge >= 0.3 is 0 Å². The van der Waals surface area contributed by atoms with E-state index in [1.165, 1.54) is 6.07 Å². The van der Waals surface area contributed by atoms with Crippen LogP contribution in [0.4, 0.5) is 10.1 Å². The van der Waals surface area contributed by atoms with Gasteiger partial charge in [-0.15, -0.1) is 0 Å². The lowest BCUT2D eigenvalue weighted by molar-refractivity contribution is 0.102. The van der Waals surface area contributed by atoms with E-state index in [0.717, 1.165) is 22.0 Å². The Labute approximate surface area is 160 Å². The third-order valence-electron chi connectivity index (χ3n) is 4.35. The fraction of sp³-hybridized carbons (Fsp3) is 0.350. The zero-order chi connectivity index (χ0) is 20.2. The summed E-state index contributed by atoms with van der Waals surface area (Å²) >= 11 is 0. The van der Waals surface area contributed by atoms with Gasteiger partial charge in [0.25, 0.3) is 5.91 Å². The largest absolute Gasteiger partial charge is 0.322 e. The smallest absolute Gasteiger partial charge is 0.255 e. The average molecular weight is 392 g/mol. The third kappa shape index (κ3) is 4.73. The van der Waals surface area contributed by atoms with Crippen LogP contribution in [0.15, 0.2) is 47.4 Å². The Bertz CT molecular complexity index is 905. The Balaban J connectivity index is 2.30. The topological polar surface area (TPSA) is 66.5 Å². The molecule has 5 nitrogen and oxygen atoms in total. The summed E-state index contributed by atoms with van der Waals surface area (Å²) in [5.74, 6) is -0.997. The van der Waals surface area contributed by atoms with Crippen molar-refractivity contribution in [2.24, 2.45) is 0 Å². The summed E-state index contributed by atoms with van der Waals surface area (Å²) in [5, 5.41) is 2.71. The van der Waals surface area contributed by atoms with Gasteiger partial charge in [-0.1, -0.05) is 39.8 Å². The van der Waals surface area contributed by atoms with Crippen LogP contribution in [-0.2, 0) is 10.0 Å². The van der Waals surface area contributed by atoms with Crippen LogP contribution >= 0.6 is 0 Å². The van der Waals surface area contributed by atoms with Gasteiger partial charge in [-0.2, -0.15) is 4.31 Å². The number of nitrogens with one attached hydrogen (secondary N) is 1. The first kappa shape index (κ1) is 21.1. The fourth-order valence-electron chi connectivity index (χ4n) is 2.70. The number of halogens is 1. The molecule has 0 atom stereocenters. The number of carbonyl (C=O) groups excluding carboxylic acids is 1. The van der Waals surface area contributed by atoms with E-state index in [1.54, 1.807) is 26.0 Å². The minimum Gasteiger partial charge on any atom is -0.322 e. The summed E-state index contributed by atoms with van der Waals surface area (Å²) in [6.45, 7) is 7.94. The number of amides is 1. The van der Waals surface area contributed by atoms with Crippen molar-refractivity contribution in [2.45, 2.75) is 38.5 Å². The van der Waals surface area contributed by atoms with Crippen molar-refractivity contribution in [3.05, 3.63) is 59.4 Å². The van der Waals surface area contributed by atoms with E-state index in [1.807, 2.05) is 12.1 Å². The Morgan fingerprint density at radius 1 is 1.07 bits per heavy atom. The number of benzene rings is 2. The summed E-state index contributed by atoms with van der Waals surface area (Å²) in [6.07, 6.45) is 0. The highest BCUT2D eigenvalue weighted by Gasteiger charge is 2.26. The summed E-state index contributed by atoms with van der Waals surface area (Å²) in [7, 11) is -4.00. The van der Waals surface area contributed by atoms with Gasteiger partial charge in [-0.3, -0.25) is 4.79 Å². The second kappa shape index (κ2) is 8.63. The Kier molecular flexibility index (Phi) is 6.73. The van der Waals surface area contributed by atoms with Crippen LogP contribution in [0, 0.1) is 5.82 Å². The summed E-state index contributed by atoms with van der Waals surface area (Å²) < 4.78 is 40.5. The second-order valence-electron chi connectivity index (χ2n) is 6.47. The van der Waals surface area contributed by atoms with E-state index >= 15 is 0 Å². The maximum Gasteiger partial charge on any atom is 0.255 e. The summed E-state index contributed by atoms with van der Waals surface area (Å²) in [5.41, 5.74) is 1.80. The van der Waals surface area contributed by atoms with E-state index in [9.17, 15) is 17.6 Å². The normalized spacial score (nSPS) is 11.8. The third-order valence-corrected chi connectivity index (χ3v) is 6.42. The molecule has 0 saturated carbocycles. The minimum absolute atomic E-state index is 0.0788. The SMILES string of the molecule is CCN(CC)S(=O)(=O)c1cc(C(=O)Nc2ccc(C(C)C)cc2)ccc1F. The molecule has 2 aromatic carbocycles. The molecule has 1 amide bonds. The molecule has 7 heteroatoms. The van der Waals surface area contributed by atoms with E-state index in [-0.39, 0.29) is 18.7 Å². The number of hydrogen-bond donors (Lipinski definition) is 1. The molecule has 0 aliphatic rings. The lowest BCUT2D eigenvalue weighted by Crippen LogP contribution is -2.31. The average Bonchev–Trinajstić information content (AvgIpc) is 2.63. The van der Waals surface area contributed by atoms with Crippen molar-refractivity contribution in [2.75, 3.05) is 18.4 Å². The van der Waals surface area contributed by atoms with Crippen molar-refractivity contribution < 1.29 is 17.6 Å². The zero-order valence-corrected chi connectivity index (χ0v) is 16.8. The maximum absolute atomic E-state index is 14.2. The summed E-state index contributed by atoms with van der Waals surface area (Å²) in [6, 6.07) is 10.8. The molecule has 0 heterocycles. The lowest BCUT2D eigenvalue weighted by Gasteiger charge is -2.19. The molecule has 0 saturated heterocycles. The van der Waals surface area contributed by atoms with Crippen LogP contribution < -0.4 is 5.32 Å². The number of carbonyl (C=O) groups is 1. The number of sulfonamides is 1. The predicted molar refractivity (Wildman–Crippen MR) is 105 cm³/mol. The molecule has 0 aliphatic carbocycles. The van der Waals surface area contributed by atoms with Gasteiger partial charge in [0.1, 0.15) is 10.7 Å². The van der Waals surface area contributed by atoms with E-state index < -0.39 is 26.6 Å². The van der Waals surface area contributed by atoms with Gasteiger partial charge in [-0.25, -0.2) is 12.8 Å². The van der Waals surface area contributed by atoms with Crippen LogP contribution in [0.2, 0.25) is 0 Å². The van der Waals surface area contributed by atoms with Crippen molar-refractivity contribution in [3.8, 4) is 0 Å². The Hall–Kier alpha value is -2.25. The second-order valence-corrected chi connectivity index (χ2v) is 8.37. The Morgan fingerprint density at radius 2 is 1.67 bits per heavy atom. The minimum atomic E-state index is -4.00. The molecular weight excluding hydrogens is 367 g/mol. The molecule has 27 heavy (non-hydrogen) atoms. The molecule has 2 aromatic rings. The molecule has 2 rings (SSSR count). The van der Waals surface area contributed by atoms with Crippen LogP contribution in [0.1, 0.15) is 49.5 Å². The molecule has 0 bridgehead atoms. The number of rotatable bonds is 7. The molecule has 0 fully saturated rings. The number of nitrogens with zero attached hydrogens (tertiary/aromatic N) is 1. The number of anilines is 1. The van der Waals surface area contributed by atoms with Crippen molar-refractivity contribution in [1.29, 1.82) is 0 Å². The van der Waals surface area contributed by atoms with Crippen LogP contribution in [-0.4, -0.2) is 31.7 Å². The molecule has 0 aliphatic heterocycles. The highest BCUT2D eigenvalue weighted by atomic mass is 32.2. The van der Waals surface area contributed by atoms with Gasteiger partial charge in [-0.05, 0) is 41.8 Å². The number of hydrogen-bond acceptors (Lipinski definition) is 3. The van der Waals surface area contributed by atoms with Gasteiger partial charge in [0.2, 0.25) is 10.0 Å². The monoisotopic (exact) mass is 392 g/mol. The molecule has 0 radical (unpaired) electrons. The maximum atomic E-state index is 14.2. The van der Waals surface area contributed by atoms with Crippen LogP contribution in [0.3, 0.4) is 0 Å². The zero-order valence-electron chi connectivity index (χ0n) is 16.0. The molecule has 0 spiro atoms. The quantitative estimate of drug-likeness (QED) is 0.767. The highest BCUT2D eigenvalue weighted by molar-refractivity contribution is 7.89. The summed E-state index contributed by atoms with van der Waals surface area (Å²) in [4.78, 5) is 12.0.